The van der Waals surface area contributed by atoms with Crippen LogP contribution in [-0.2, 0) is 10.3 Å². The quantitative estimate of drug-likeness (QED) is 0.676. The number of aryl methyl sites for hydroxylation is 2. The zero-order valence-electron chi connectivity index (χ0n) is 13.5. The van der Waals surface area contributed by atoms with Gasteiger partial charge in [-0.25, -0.2) is 9.97 Å². The molecule has 0 aliphatic heterocycles. The number of thioether (sulfide) groups is 1. The Morgan fingerprint density at radius 2 is 1.83 bits per heavy atom. The summed E-state index contributed by atoms with van der Waals surface area (Å²) in [4.78, 5) is 21.1. The second-order valence-electron chi connectivity index (χ2n) is 6.07. The average molecular weight is 327 g/mol. The predicted octanol–water partition coefficient (Wildman–Crippen LogP) is 3.38. The highest BCUT2D eigenvalue weighted by molar-refractivity contribution is 7.99. The monoisotopic (exact) mass is 327 g/mol. The first kappa shape index (κ1) is 16.0. The van der Waals surface area contributed by atoms with Crippen molar-refractivity contribution < 1.29 is 4.79 Å². The van der Waals surface area contributed by atoms with Gasteiger partial charge in [0.05, 0.1) is 11.3 Å². The first-order valence-corrected chi connectivity index (χ1v) is 8.88. The molecule has 1 fully saturated rings. The molecule has 0 spiro atoms. The molecule has 23 heavy (non-hydrogen) atoms. The molecule has 1 amide bonds. The van der Waals surface area contributed by atoms with Gasteiger partial charge in [0.2, 0.25) is 5.91 Å². The number of rotatable bonds is 5. The molecular formula is C18H21N3OS. The second-order valence-corrected chi connectivity index (χ2v) is 7.01. The van der Waals surface area contributed by atoms with E-state index in [2.05, 4.69) is 27.4 Å². The third kappa shape index (κ3) is 3.72. The second kappa shape index (κ2) is 6.71. The number of carbonyl (C=O) groups excluding carboxylic acids is 1. The fourth-order valence-corrected chi connectivity index (χ4v) is 3.71. The van der Waals surface area contributed by atoms with Crippen LogP contribution in [0.1, 0.15) is 36.2 Å². The van der Waals surface area contributed by atoms with Gasteiger partial charge in [0.1, 0.15) is 0 Å². The Morgan fingerprint density at radius 3 is 2.39 bits per heavy atom. The van der Waals surface area contributed by atoms with E-state index in [0.717, 1.165) is 30.7 Å². The van der Waals surface area contributed by atoms with E-state index in [9.17, 15) is 4.79 Å². The van der Waals surface area contributed by atoms with Gasteiger partial charge in [-0.3, -0.25) is 4.79 Å². The van der Waals surface area contributed by atoms with Crippen LogP contribution < -0.4 is 5.32 Å². The number of hydrogen-bond acceptors (Lipinski definition) is 4. The minimum absolute atomic E-state index is 0.0429. The molecule has 120 valence electrons. The molecule has 1 aliphatic carbocycles. The third-order valence-corrected chi connectivity index (χ3v) is 5.05. The Labute approximate surface area is 141 Å². The molecule has 4 nitrogen and oxygen atoms in total. The van der Waals surface area contributed by atoms with E-state index in [1.165, 1.54) is 17.3 Å². The Bertz CT molecular complexity index is 678. The van der Waals surface area contributed by atoms with E-state index in [1.807, 2.05) is 38.1 Å². The van der Waals surface area contributed by atoms with E-state index < -0.39 is 0 Å². The standard InChI is InChI=1S/C18H21N3OS/c1-13-11-14(2)20-17(19-13)23-12-16(22)21-18(9-6-10-18)15-7-4-3-5-8-15/h3-5,7-8,11H,6,9-10,12H2,1-2H3,(H,21,22). The summed E-state index contributed by atoms with van der Waals surface area (Å²) < 4.78 is 0. The largest absolute Gasteiger partial charge is 0.346 e. The van der Waals surface area contributed by atoms with Crippen LogP contribution in [0.15, 0.2) is 41.6 Å². The van der Waals surface area contributed by atoms with Crippen molar-refractivity contribution >= 4 is 17.7 Å². The lowest BCUT2D eigenvalue weighted by Crippen LogP contribution is -2.51. The molecular weight excluding hydrogens is 306 g/mol. The Balaban J connectivity index is 1.62. The molecule has 1 aromatic heterocycles. The van der Waals surface area contributed by atoms with Crippen molar-refractivity contribution in [2.24, 2.45) is 0 Å². The van der Waals surface area contributed by atoms with Crippen molar-refractivity contribution in [3.8, 4) is 0 Å². The minimum atomic E-state index is -0.178. The maximum absolute atomic E-state index is 12.4. The molecule has 1 saturated carbocycles. The lowest BCUT2D eigenvalue weighted by atomic mass is 9.72. The third-order valence-electron chi connectivity index (χ3n) is 4.21. The van der Waals surface area contributed by atoms with Gasteiger partial charge in [0.15, 0.2) is 5.16 Å². The zero-order valence-corrected chi connectivity index (χ0v) is 14.3. The fraction of sp³-hybridized carbons (Fsp3) is 0.389. The summed E-state index contributed by atoms with van der Waals surface area (Å²) >= 11 is 1.39. The number of nitrogens with one attached hydrogen (secondary N) is 1. The highest BCUT2D eigenvalue weighted by Gasteiger charge is 2.39. The van der Waals surface area contributed by atoms with Crippen molar-refractivity contribution in [3.05, 3.63) is 53.3 Å². The van der Waals surface area contributed by atoms with E-state index in [4.69, 9.17) is 0 Å². The van der Waals surface area contributed by atoms with Crippen molar-refractivity contribution in [1.82, 2.24) is 15.3 Å². The van der Waals surface area contributed by atoms with Crippen LogP contribution >= 0.6 is 11.8 Å². The molecule has 1 aromatic carbocycles. The Morgan fingerprint density at radius 1 is 1.17 bits per heavy atom. The van der Waals surface area contributed by atoms with E-state index in [1.54, 1.807) is 0 Å². The summed E-state index contributed by atoms with van der Waals surface area (Å²) in [6.45, 7) is 3.88. The summed E-state index contributed by atoms with van der Waals surface area (Å²) in [5.74, 6) is 0.388. The molecule has 0 atom stereocenters. The maximum Gasteiger partial charge on any atom is 0.231 e. The van der Waals surface area contributed by atoms with Crippen molar-refractivity contribution in [2.45, 2.75) is 43.8 Å². The summed E-state index contributed by atoms with van der Waals surface area (Å²) in [6, 6.07) is 12.2. The number of nitrogens with zero attached hydrogens (tertiary/aromatic N) is 2. The molecule has 0 radical (unpaired) electrons. The number of benzene rings is 1. The van der Waals surface area contributed by atoms with Crippen LogP contribution in [0, 0.1) is 13.8 Å². The molecule has 2 aromatic rings. The first-order valence-electron chi connectivity index (χ1n) is 7.89. The van der Waals surface area contributed by atoms with Crippen LogP contribution in [0.5, 0.6) is 0 Å². The van der Waals surface area contributed by atoms with E-state index in [0.29, 0.717) is 10.9 Å². The predicted molar refractivity (Wildman–Crippen MR) is 92.3 cm³/mol. The Hall–Kier alpha value is -1.88. The molecule has 0 unspecified atom stereocenters. The van der Waals surface area contributed by atoms with Crippen molar-refractivity contribution in [3.63, 3.8) is 0 Å². The van der Waals surface area contributed by atoms with Crippen LogP contribution in [0.4, 0.5) is 0 Å². The summed E-state index contributed by atoms with van der Waals surface area (Å²) in [6.07, 6.45) is 3.17. The van der Waals surface area contributed by atoms with Crippen LogP contribution in [0.3, 0.4) is 0 Å². The molecule has 1 N–H and O–H groups in total. The number of hydrogen-bond donors (Lipinski definition) is 1. The van der Waals surface area contributed by atoms with Crippen LogP contribution in [0.25, 0.3) is 0 Å². The SMILES string of the molecule is Cc1cc(C)nc(SCC(=O)NC2(c3ccccc3)CCC2)n1. The number of aromatic nitrogens is 2. The average Bonchev–Trinajstić information content (AvgIpc) is 2.49. The van der Waals surface area contributed by atoms with Gasteiger partial charge >= 0.3 is 0 Å². The summed E-state index contributed by atoms with van der Waals surface area (Å²) in [5.41, 5.74) is 2.88. The first-order chi connectivity index (χ1) is 11.1. The Kier molecular flexibility index (Phi) is 4.66. The minimum Gasteiger partial charge on any atom is -0.346 e. The maximum atomic E-state index is 12.4. The highest BCUT2D eigenvalue weighted by atomic mass is 32.2. The van der Waals surface area contributed by atoms with Gasteiger partial charge in [-0.1, -0.05) is 42.1 Å². The number of carbonyl (C=O) groups is 1. The van der Waals surface area contributed by atoms with E-state index >= 15 is 0 Å². The zero-order chi connectivity index (χ0) is 16.3. The number of amides is 1. The van der Waals surface area contributed by atoms with Gasteiger partial charge < -0.3 is 5.32 Å². The highest BCUT2D eigenvalue weighted by Crippen LogP contribution is 2.41. The summed E-state index contributed by atoms with van der Waals surface area (Å²) in [7, 11) is 0. The fourth-order valence-electron chi connectivity index (χ4n) is 2.96. The lowest BCUT2D eigenvalue weighted by Gasteiger charge is -2.43. The van der Waals surface area contributed by atoms with Crippen molar-refractivity contribution in [2.75, 3.05) is 5.75 Å². The molecule has 1 heterocycles. The van der Waals surface area contributed by atoms with Gasteiger partial charge in [-0.2, -0.15) is 0 Å². The molecule has 1 aliphatic rings. The topological polar surface area (TPSA) is 54.9 Å². The van der Waals surface area contributed by atoms with Gasteiger partial charge in [0.25, 0.3) is 0 Å². The molecule has 0 saturated heterocycles. The summed E-state index contributed by atoms with van der Waals surface area (Å²) in [5, 5.41) is 3.90. The van der Waals surface area contributed by atoms with Crippen molar-refractivity contribution in [1.29, 1.82) is 0 Å². The lowest BCUT2D eigenvalue weighted by molar-refractivity contribution is -0.121. The van der Waals surface area contributed by atoms with Gasteiger partial charge in [-0.05, 0) is 44.7 Å². The van der Waals surface area contributed by atoms with E-state index in [-0.39, 0.29) is 11.4 Å². The van der Waals surface area contributed by atoms with Gasteiger partial charge in [-0.15, -0.1) is 0 Å². The van der Waals surface area contributed by atoms with Crippen LogP contribution in [-0.4, -0.2) is 21.6 Å². The molecule has 3 rings (SSSR count). The van der Waals surface area contributed by atoms with Gasteiger partial charge in [0, 0.05) is 11.4 Å². The normalized spacial score (nSPS) is 15.7. The molecule has 0 bridgehead atoms. The van der Waals surface area contributed by atoms with Crippen LogP contribution in [0.2, 0.25) is 0 Å². The smallest absolute Gasteiger partial charge is 0.231 e. The molecule has 5 heteroatoms.